The summed E-state index contributed by atoms with van der Waals surface area (Å²) in [6, 6.07) is 28.3. The van der Waals surface area contributed by atoms with Crippen LogP contribution in [0.4, 0.5) is 5.69 Å². The Morgan fingerprint density at radius 1 is 0.944 bits per heavy atom. The minimum atomic E-state index is -0.850. The Kier molecular flexibility index (Phi) is 6.64. The van der Waals surface area contributed by atoms with Gasteiger partial charge in [0.1, 0.15) is 6.54 Å². The smallest absolute Gasteiger partial charge is 0.323 e. The summed E-state index contributed by atoms with van der Waals surface area (Å²) in [5.41, 5.74) is 4.75. The predicted molar refractivity (Wildman–Crippen MR) is 143 cm³/mol. The van der Waals surface area contributed by atoms with Gasteiger partial charge in [-0.15, -0.1) is 0 Å². The van der Waals surface area contributed by atoms with Gasteiger partial charge in [0.2, 0.25) is 5.91 Å². The number of aliphatic carboxylic acids is 1. The number of carboxylic acids is 1. The minimum Gasteiger partial charge on any atom is -0.480 e. The van der Waals surface area contributed by atoms with E-state index in [4.69, 9.17) is 0 Å². The zero-order valence-corrected chi connectivity index (χ0v) is 20.7. The number of carbonyl (C=O) groups excluding carboxylic acids is 1. The molecule has 4 aromatic rings. The van der Waals surface area contributed by atoms with Gasteiger partial charge in [0.05, 0.1) is 5.41 Å². The first-order chi connectivity index (χ1) is 17.5. The molecule has 3 aromatic carbocycles. The van der Waals surface area contributed by atoms with Crippen LogP contribution in [0.15, 0.2) is 84.9 Å². The lowest BCUT2D eigenvalue weighted by molar-refractivity contribution is -0.137. The van der Waals surface area contributed by atoms with Gasteiger partial charge in [0.15, 0.2) is 0 Å². The Bertz CT molecular complexity index is 1380. The number of nitrogens with zero attached hydrogens (tertiary/aromatic N) is 2. The van der Waals surface area contributed by atoms with Crippen LogP contribution in [-0.4, -0.2) is 28.1 Å². The highest BCUT2D eigenvalue weighted by atomic mass is 16.4. The van der Waals surface area contributed by atoms with Gasteiger partial charge in [-0.25, -0.2) is 0 Å². The third kappa shape index (κ3) is 4.66. The highest BCUT2D eigenvalue weighted by Gasteiger charge is 2.42. The third-order valence-corrected chi connectivity index (χ3v) is 7.49. The van der Waals surface area contributed by atoms with Crippen molar-refractivity contribution in [2.45, 2.75) is 45.6 Å². The lowest BCUT2D eigenvalue weighted by atomic mass is 9.73. The molecule has 5 nitrogen and oxygen atoms in total. The highest BCUT2D eigenvalue weighted by molar-refractivity contribution is 5.98. The molecular formula is C31H32N2O3. The Labute approximate surface area is 212 Å². The zero-order chi connectivity index (χ0) is 25.1. The number of carboxylic acid groups (broad SMARTS) is 1. The van der Waals surface area contributed by atoms with E-state index in [1.54, 1.807) is 0 Å². The second-order valence-corrected chi connectivity index (χ2v) is 10.0. The molecule has 0 saturated carbocycles. The van der Waals surface area contributed by atoms with Crippen molar-refractivity contribution in [3.8, 4) is 0 Å². The maximum absolute atomic E-state index is 14.2. The van der Waals surface area contributed by atoms with Crippen LogP contribution in [0.2, 0.25) is 0 Å². The average molecular weight is 481 g/mol. The number of hydrogen-bond donors (Lipinski definition) is 1. The summed E-state index contributed by atoms with van der Waals surface area (Å²) in [5, 5.41) is 10.6. The predicted octanol–water partition coefficient (Wildman–Crippen LogP) is 5.89. The largest absolute Gasteiger partial charge is 0.480 e. The fraction of sp³-hybridized carbons (Fsp3) is 0.290. The van der Waals surface area contributed by atoms with Gasteiger partial charge in [-0.1, -0.05) is 73.7 Å². The van der Waals surface area contributed by atoms with Crippen molar-refractivity contribution >= 4 is 28.5 Å². The number of amides is 1. The molecule has 36 heavy (non-hydrogen) atoms. The van der Waals surface area contributed by atoms with Crippen LogP contribution in [0.1, 0.15) is 36.6 Å². The minimum absolute atomic E-state index is 0.0594. The van der Waals surface area contributed by atoms with E-state index < -0.39 is 11.4 Å². The Balaban J connectivity index is 1.44. The molecule has 0 aliphatic heterocycles. The van der Waals surface area contributed by atoms with Crippen LogP contribution >= 0.6 is 0 Å². The lowest BCUT2D eigenvalue weighted by Crippen LogP contribution is -2.46. The van der Waals surface area contributed by atoms with E-state index in [1.807, 2.05) is 64.1 Å². The van der Waals surface area contributed by atoms with E-state index in [0.29, 0.717) is 25.8 Å². The van der Waals surface area contributed by atoms with Gasteiger partial charge in [-0.3, -0.25) is 9.59 Å². The van der Waals surface area contributed by atoms with Crippen molar-refractivity contribution in [3.63, 3.8) is 0 Å². The van der Waals surface area contributed by atoms with Gasteiger partial charge in [-0.2, -0.15) is 0 Å². The van der Waals surface area contributed by atoms with Gasteiger partial charge in [0.25, 0.3) is 0 Å². The van der Waals surface area contributed by atoms with Gasteiger partial charge < -0.3 is 14.6 Å². The van der Waals surface area contributed by atoms with Crippen LogP contribution in [0.25, 0.3) is 10.9 Å². The normalized spacial score (nSPS) is 17.0. The number of benzene rings is 3. The van der Waals surface area contributed by atoms with Gasteiger partial charge >= 0.3 is 5.97 Å². The van der Waals surface area contributed by atoms with E-state index in [-0.39, 0.29) is 12.5 Å². The van der Waals surface area contributed by atoms with E-state index in [9.17, 15) is 14.7 Å². The molecule has 1 heterocycles. The van der Waals surface area contributed by atoms with Crippen molar-refractivity contribution in [2.75, 3.05) is 11.4 Å². The zero-order valence-electron chi connectivity index (χ0n) is 20.7. The molecule has 5 rings (SSSR count). The molecule has 184 valence electrons. The SMILES string of the molecule is CC1(C(=O)N(CCCc2ccccc2)c2ccccc2)CCc2c(c3ccccc3n2CC(=O)O)C1. The van der Waals surface area contributed by atoms with Crippen LogP contribution in [-0.2, 0) is 35.4 Å². The molecule has 1 aromatic heterocycles. The molecular weight excluding hydrogens is 448 g/mol. The second kappa shape index (κ2) is 10.0. The number of fused-ring (bicyclic) bond motifs is 3. The fourth-order valence-corrected chi connectivity index (χ4v) is 5.65. The molecule has 1 N–H and O–H groups in total. The second-order valence-electron chi connectivity index (χ2n) is 10.0. The van der Waals surface area contributed by atoms with Crippen LogP contribution in [0.5, 0.6) is 0 Å². The maximum Gasteiger partial charge on any atom is 0.323 e. The molecule has 0 bridgehead atoms. The van der Waals surface area contributed by atoms with Crippen LogP contribution in [0.3, 0.4) is 0 Å². The molecule has 1 atom stereocenters. The fourth-order valence-electron chi connectivity index (χ4n) is 5.65. The van der Waals surface area contributed by atoms with Crippen molar-refractivity contribution in [1.82, 2.24) is 4.57 Å². The summed E-state index contributed by atoms with van der Waals surface area (Å²) in [6.45, 7) is 2.67. The molecule has 0 spiro atoms. The monoisotopic (exact) mass is 480 g/mol. The summed E-state index contributed by atoms with van der Waals surface area (Å²) < 4.78 is 1.92. The number of anilines is 1. The molecule has 1 aliphatic carbocycles. The number of carbonyl (C=O) groups is 2. The highest BCUT2D eigenvalue weighted by Crippen LogP contribution is 2.42. The summed E-state index contributed by atoms with van der Waals surface area (Å²) in [7, 11) is 0. The number of aryl methyl sites for hydroxylation is 1. The van der Waals surface area contributed by atoms with E-state index in [1.165, 1.54) is 5.56 Å². The molecule has 1 aliphatic rings. The van der Waals surface area contributed by atoms with Crippen molar-refractivity contribution in [2.24, 2.45) is 5.41 Å². The van der Waals surface area contributed by atoms with E-state index in [0.717, 1.165) is 40.7 Å². The van der Waals surface area contributed by atoms with Crippen molar-refractivity contribution in [3.05, 3.63) is 102 Å². The molecule has 0 saturated heterocycles. The van der Waals surface area contributed by atoms with Crippen molar-refractivity contribution < 1.29 is 14.7 Å². The number of aromatic nitrogens is 1. The number of rotatable bonds is 8. The van der Waals surface area contributed by atoms with Crippen LogP contribution < -0.4 is 4.90 Å². The molecule has 0 fully saturated rings. The Morgan fingerprint density at radius 3 is 2.33 bits per heavy atom. The average Bonchev–Trinajstić information content (AvgIpc) is 3.19. The summed E-state index contributed by atoms with van der Waals surface area (Å²) in [4.78, 5) is 27.8. The number of hydrogen-bond acceptors (Lipinski definition) is 2. The topological polar surface area (TPSA) is 62.5 Å². The van der Waals surface area contributed by atoms with E-state index in [2.05, 4.69) is 37.3 Å². The first-order valence-electron chi connectivity index (χ1n) is 12.7. The first-order valence-corrected chi connectivity index (χ1v) is 12.7. The number of para-hydroxylation sites is 2. The maximum atomic E-state index is 14.2. The summed E-state index contributed by atoms with van der Waals surface area (Å²) in [5.74, 6) is -0.709. The Hall–Kier alpha value is -3.86. The molecule has 0 radical (unpaired) electrons. The van der Waals surface area contributed by atoms with Crippen molar-refractivity contribution in [1.29, 1.82) is 0 Å². The Morgan fingerprint density at radius 2 is 1.61 bits per heavy atom. The summed E-state index contributed by atoms with van der Waals surface area (Å²) >= 11 is 0. The quantitative estimate of drug-likeness (QED) is 0.342. The molecule has 1 unspecified atom stereocenters. The standard InChI is InChI=1S/C31H32N2O3/c1-31(19-18-28-26(21-31)25-16-8-9-17-27(25)33(28)22-29(34)35)30(36)32(24-14-6-3-7-15-24)20-10-13-23-11-4-2-5-12-23/h2-9,11-12,14-17H,10,13,18-22H2,1H3,(H,34,35). The first kappa shape index (κ1) is 23.9. The third-order valence-electron chi connectivity index (χ3n) is 7.49. The summed E-state index contributed by atoms with van der Waals surface area (Å²) in [6.07, 6.45) is 3.78. The molecule has 5 heteroatoms. The molecule has 1 amide bonds. The van der Waals surface area contributed by atoms with E-state index >= 15 is 0 Å². The van der Waals surface area contributed by atoms with Gasteiger partial charge in [-0.05, 0) is 61.4 Å². The van der Waals surface area contributed by atoms with Gasteiger partial charge in [0, 0.05) is 28.8 Å². The van der Waals surface area contributed by atoms with Crippen LogP contribution in [0, 0.1) is 5.41 Å². The lowest BCUT2D eigenvalue weighted by Gasteiger charge is -2.38.